The van der Waals surface area contributed by atoms with Crippen LogP contribution in [-0.4, -0.2) is 25.6 Å². The third-order valence-electron chi connectivity index (χ3n) is 4.29. The van der Waals surface area contributed by atoms with Crippen LogP contribution in [0.2, 0.25) is 0 Å². The molecule has 3 rings (SSSR count). The number of unbranched alkanes of at least 4 members (excludes halogenated alkanes) is 1. The normalized spacial score (nSPS) is 14.7. The summed E-state index contributed by atoms with van der Waals surface area (Å²) >= 11 is 0. The minimum atomic E-state index is -4.63. The van der Waals surface area contributed by atoms with Crippen molar-refractivity contribution in [3.8, 4) is 5.69 Å². The zero-order valence-corrected chi connectivity index (χ0v) is 13.7. The first kappa shape index (κ1) is 17.4. The average Bonchev–Trinajstić information content (AvgIpc) is 3.28. The summed E-state index contributed by atoms with van der Waals surface area (Å²) < 4.78 is 41.9. The second-order valence-electron chi connectivity index (χ2n) is 6.23. The number of imidazole rings is 1. The Morgan fingerprint density at radius 2 is 2.08 bits per heavy atom. The molecule has 134 valence electrons. The lowest BCUT2D eigenvalue weighted by Crippen LogP contribution is -2.18. The monoisotopic (exact) mass is 353 g/mol. The third kappa shape index (κ3) is 3.52. The van der Waals surface area contributed by atoms with Crippen molar-refractivity contribution in [1.29, 1.82) is 0 Å². The summed E-state index contributed by atoms with van der Waals surface area (Å²) in [5.74, 6) is -1.04. The molecule has 0 aromatic carbocycles. The number of nitrogens with zero attached hydrogens (tertiary/aromatic N) is 3. The number of aromatic nitrogens is 3. The minimum Gasteiger partial charge on any atom is -0.477 e. The number of carbonyl (C=O) groups is 1. The molecule has 0 atom stereocenters. The Balaban J connectivity index is 2.21. The van der Waals surface area contributed by atoms with Gasteiger partial charge in [0.2, 0.25) is 0 Å². The number of hydrogen-bond acceptors (Lipinski definition) is 3. The number of hydrogen-bond donors (Lipinski definition) is 1. The highest BCUT2D eigenvalue weighted by Gasteiger charge is 2.37. The second-order valence-corrected chi connectivity index (χ2v) is 6.23. The molecule has 1 fully saturated rings. The first-order valence-corrected chi connectivity index (χ1v) is 8.19. The Hall–Kier alpha value is -2.38. The standard InChI is InChI=1S/C17H18F3N3O2/c1-2-3-4-11-14(16(24)25)21-7-12(17(18,19)20)15(11)23-8-13(22-9-23)10-5-6-10/h7-10H,2-6H2,1H3,(H,24,25). The Labute approximate surface area is 142 Å². The Kier molecular flexibility index (Phi) is 4.53. The summed E-state index contributed by atoms with van der Waals surface area (Å²) in [6.07, 6.45) is 2.33. The molecule has 0 amide bonds. The molecule has 1 aliphatic rings. The summed E-state index contributed by atoms with van der Waals surface area (Å²) in [6, 6.07) is 0. The van der Waals surface area contributed by atoms with E-state index in [1.807, 2.05) is 6.92 Å². The van der Waals surface area contributed by atoms with Crippen LogP contribution >= 0.6 is 0 Å². The highest BCUT2D eigenvalue weighted by molar-refractivity contribution is 5.88. The highest BCUT2D eigenvalue weighted by Crippen LogP contribution is 2.41. The molecule has 2 aromatic rings. The van der Waals surface area contributed by atoms with Crippen LogP contribution in [0.4, 0.5) is 13.2 Å². The van der Waals surface area contributed by atoms with Crippen molar-refractivity contribution in [2.24, 2.45) is 0 Å². The van der Waals surface area contributed by atoms with Crippen molar-refractivity contribution in [3.63, 3.8) is 0 Å². The molecule has 1 saturated carbocycles. The first-order valence-electron chi connectivity index (χ1n) is 8.19. The van der Waals surface area contributed by atoms with Crippen LogP contribution < -0.4 is 0 Å². The number of aromatic carboxylic acids is 1. The van der Waals surface area contributed by atoms with Crippen LogP contribution in [-0.2, 0) is 12.6 Å². The number of halogens is 3. The van der Waals surface area contributed by atoms with E-state index >= 15 is 0 Å². The molecule has 0 radical (unpaired) electrons. The van der Waals surface area contributed by atoms with Gasteiger partial charge in [-0.1, -0.05) is 13.3 Å². The highest BCUT2D eigenvalue weighted by atomic mass is 19.4. The minimum absolute atomic E-state index is 0.101. The molecule has 0 unspecified atom stereocenters. The van der Waals surface area contributed by atoms with Gasteiger partial charge in [0, 0.05) is 23.9 Å². The summed E-state index contributed by atoms with van der Waals surface area (Å²) in [4.78, 5) is 19.3. The largest absolute Gasteiger partial charge is 0.477 e. The molecule has 0 spiro atoms. The lowest BCUT2D eigenvalue weighted by atomic mass is 10.0. The van der Waals surface area contributed by atoms with E-state index in [9.17, 15) is 23.1 Å². The van der Waals surface area contributed by atoms with Gasteiger partial charge in [0.05, 0.1) is 23.3 Å². The van der Waals surface area contributed by atoms with Crippen molar-refractivity contribution >= 4 is 5.97 Å². The van der Waals surface area contributed by atoms with E-state index in [1.54, 1.807) is 6.20 Å². The fourth-order valence-corrected chi connectivity index (χ4v) is 2.87. The van der Waals surface area contributed by atoms with Gasteiger partial charge in [-0.05, 0) is 25.7 Å². The van der Waals surface area contributed by atoms with Crippen LogP contribution in [0.1, 0.15) is 65.8 Å². The molecule has 25 heavy (non-hydrogen) atoms. The van der Waals surface area contributed by atoms with Gasteiger partial charge in [0.1, 0.15) is 0 Å². The van der Waals surface area contributed by atoms with E-state index in [1.165, 1.54) is 10.9 Å². The fourth-order valence-electron chi connectivity index (χ4n) is 2.87. The van der Waals surface area contributed by atoms with Crippen LogP contribution in [0.3, 0.4) is 0 Å². The van der Waals surface area contributed by atoms with E-state index < -0.39 is 17.7 Å². The Bertz CT molecular complexity index is 795. The molecule has 5 nitrogen and oxygen atoms in total. The van der Waals surface area contributed by atoms with Gasteiger partial charge >= 0.3 is 12.1 Å². The topological polar surface area (TPSA) is 68.0 Å². The smallest absolute Gasteiger partial charge is 0.419 e. The summed E-state index contributed by atoms with van der Waals surface area (Å²) in [6.45, 7) is 1.89. The molecule has 0 bridgehead atoms. The van der Waals surface area contributed by atoms with E-state index in [0.717, 1.165) is 25.0 Å². The van der Waals surface area contributed by atoms with E-state index in [-0.39, 0.29) is 29.3 Å². The van der Waals surface area contributed by atoms with Crippen LogP contribution in [0.15, 0.2) is 18.7 Å². The van der Waals surface area contributed by atoms with Gasteiger partial charge in [-0.2, -0.15) is 13.2 Å². The van der Waals surface area contributed by atoms with Gasteiger partial charge in [-0.3, -0.25) is 0 Å². The van der Waals surface area contributed by atoms with Crippen molar-refractivity contribution in [3.05, 3.63) is 41.2 Å². The Morgan fingerprint density at radius 1 is 1.36 bits per heavy atom. The van der Waals surface area contributed by atoms with Crippen molar-refractivity contribution in [2.45, 2.75) is 51.1 Å². The predicted octanol–water partition coefficient (Wildman–Crippen LogP) is 4.20. The summed E-state index contributed by atoms with van der Waals surface area (Å²) in [5.41, 5.74) is -0.610. The van der Waals surface area contributed by atoms with E-state index in [2.05, 4.69) is 9.97 Å². The van der Waals surface area contributed by atoms with E-state index in [4.69, 9.17) is 0 Å². The second kappa shape index (κ2) is 6.50. The molecule has 2 heterocycles. The van der Waals surface area contributed by atoms with Gasteiger partial charge in [-0.25, -0.2) is 14.8 Å². The Morgan fingerprint density at radius 3 is 2.64 bits per heavy atom. The predicted molar refractivity (Wildman–Crippen MR) is 83.9 cm³/mol. The van der Waals surface area contributed by atoms with E-state index in [0.29, 0.717) is 12.6 Å². The van der Waals surface area contributed by atoms with Gasteiger partial charge < -0.3 is 9.67 Å². The van der Waals surface area contributed by atoms with Crippen molar-refractivity contribution in [2.75, 3.05) is 0 Å². The van der Waals surface area contributed by atoms with Crippen LogP contribution in [0.5, 0.6) is 0 Å². The summed E-state index contributed by atoms with van der Waals surface area (Å²) in [5, 5.41) is 9.36. The molecule has 2 aromatic heterocycles. The van der Waals surface area contributed by atoms with Gasteiger partial charge in [0.15, 0.2) is 5.69 Å². The molecular formula is C17H18F3N3O2. The van der Waals surface area contributed by atoms with Crippen molar-refractivity contribution in [1.82, 2.24) is 14.5 Å². The molecular weight excluding hydrogens is 335 g/mol. The molecule has 8 heteroatoms. The quantitative estimate of drug-likeness (QED) is 0.845. The third-order valence-corrected chi connectivity index (χ3v) is 4.29. The zero-order chi connectivity index (χ0) is 18.2. The molecule has 0 aliphatic heterocycles. The lowest BCUT2D eigenvalue weighted by Gasteiger charge is -2.18. The SMILES string of the molecule is CCCCc1c(C(=O)O)ncc(C(F)(F)F)c1-n1cnc(C2CC2)c1. The number of rotatable bonds is 6. The maximum absolute atomic E-state index is 13.5. The number of alkyl halides is 3. The fraction of sp³-hybridized carbons (Fsp3) is 0.471. The molecule has 0 saturated heterocycles. The van der Waals surface area contributed by atoms with Crippen molar-refractivity contribution < 1.29 is 23.1 Å². The number of pyridine rings is 1. The maximum Gasteiger partial charge on any atom is 0.419 e. The number of carboxylic acids is 1. The van der Waals surface area contributed by atoms with Gasteiger partial charge in [-0.15, -0.1) is 0 Å². The summed E-state index contributed by atoms with van der Waals surface area (Å²) in [7, 11) is 0. The van der Waals surface area contributed by atoms with Crippen LogP contribution in [0, 0.1) is 0 Å². The maximum atomic E-state index is 13.5. The van der Waals surface area contributed by atoms with Gasteiger partial charge in [0.25, 0.3) is 0 Å². The van der Waals surface area contributed by atoms with Crippen LogP contribution in [0.25, 0.3) is 5.69 Å². The first-order chi connectivity index (χ1) is 11.8. The zero-order valence-electron chi connectivity index (χ0n) is 13.7. The molecule has 1 aliphatic carbocycles. The molecule has 1 N–H and O–H groups in total. The number of carboxylic acid groups (broad SMARTS) is 1. The lowest BCUT2D eigenvalue weighted by molar-refractivity contribution is -0.137. The average molecular weight is 353 g/mol.